The number of imidazole rings is 1. The van der Waals surface area contributed by atoms with Gasteiger partial charge in [-0.15, -0.1) is 0 Å². The number of benzene rings is 1. The predicted octanol–water partition coefficient (Wildman–Crippen LogP) is 2.40. The van der Waals surface area contributed by atoms with Crippen molar-refractivity contribution in [1.82, 2.24) is 14.9 Å². The van der Waals surface area contributed by atoms with Crippen molar-refractivity contribution in [2.24, 2.45) is 0 Å². The number of nitrogens with zero attached hydrogens (tertiary/aromatic N) is 2. The maximum absolute atomic E-state index is 5.37. The number of hydrogen-bond acceptors (Lipinski definition) is 3. The summed E-state index contributed by atoms with van der Waals surface area (Å²) in [4.78, 5) is 4.90. The van der Waals surface area contributed by atoms with Gasteiger partial charge in [0.1, 0.15) is 11.6 Å². The zero-order chi connectivity index (χ0) is 13.5. The van der Waals surface area contributed by atoms with E-state index in [1.54, 1.807) is 7.11 Å². The summed E-state index contributed by atoms with van der Waals surface area (Å²) in [5.41, 5.74) is 3.78. The molecule has 0 amide bonds. The van der Waals surface area contributed by atoms with Crippen LogP contribution in [0.5, 0.6) is 5.75 Å². The second-order valence-corrected chi connectivity index (χ2v) is 5.60. The van der Waals surface area contributed by atoms with Crippen LogP contribution < -0.4 is 10.1 Å². The lowest BCUT2D eigenvalue weighted by Crippen LogP contribution is -2.24. The molecule has 0 spiro atoms. The Morgan fingerprint density at radius 3 is 3.05 bits per heavy atom. The fraction of sp³-hybridized carbons (Fsp3) is 0.438. The van der Waals surface area contributed by atoms with Crippen molar-refractivity contribution >= 4 is 0 Å². The van der Waals surface area contributed by atoms with Crippen LogP contribution >= 0.6 is 0 Å². The SMILES string of the molecule is COc1cccc(-n2c(C3CC3)nc3c2CCNC3)c1. The maximum atomic E-state index is 5.37. The highest BCUT2D eigenvalue weighted by Gasteiger charge is 2.32. The Morgan fingerprint density at radius 2 is 2.25 bits per heavy atom. The summed E-state index contributed by atoms with van der Waals surface area (Å²) < 4.78 is 7.74. The van der Waals surface area contributed by atoms with E-state index in [0.29, 0.717) is 5.92 Å². The molecule has 1 fully saturated rings. The molecule has 104 valence electrons. The lowest BCUT2D eigenvalue weighted by Gasteiger charge is -2.16. The van der Waals surface area contributed by atoms with Crippen molar-refractivity contribution in [3.63, 3.8) is 0 Å². The smallest absolute Gasteiger partial charge is 0.120 e. The first kappa shape index (κ1) is 12.0. The van der Waals surface area contributed by atoms with Gasteiger partial charge in [0.05, 0.1) is 18.5 Å². The highest BCUT2D eigenvalue weighted by atomic mass is 16.5. The molecule has 1 aliphatic carbocycles. The molecule has 0 atom stereocenters. The minimum Gasteiger partial charge on any atom is -0.497 e. The maximum Gasteiger partial charge on any atom is 0.120 e. The Hall–Kier alpha value is -1.81. The van der Waals surface area contributed by atoms with Crippen LogP contribution in [0.15, 0.2) is 24.3 Å². The Morgan fingerprint density at radius 1 is 1.35 bits per heavy atom. The van der Waals surface area contributed by atoms with Crippen LogP contribution in [-0.2, 0) is 13.0 Å². The third-order valence-electron chi connectivity index (χ3n) is 4.17. The van der Waals surface area contributed by atoms with Gasteiger partial charge in [-0.1, -0.05) is 6.07 Å². The number of methoxy groups -OCH3 is 1. The summed E-state index contributed by atoms with van der Waals surface area (Å²) in [6.07, 6.45) is 3.59. The van der Waals surface area contributed by atoms with Crippen LogP contribution in [0.4, 0.5) is 0 Å². The van der Waals surface area contributed by atoms with Crippen LogP contribution in [0.25, 0.3) is 5.69 Å². The number of nitrogens with one attached hydrogen (secondary N) is 1. The zero-order valence-electron chi connectivity index (χ0n) is 11.7. The van der Waals surface area contributed by atoms with Gasteiger partial charge in [-0.3, -0.25) is 4.57 Å². The Kier molecular flexibility index (Phi) is 2.77. The minimum absolute atomic E-state index is 0.645. The van der Waals surface area contributed by atoms with Gasteiger partial charge in [0.25, 0.3) is 0 Å². The van der Waals surface area contributed by atoms with Crippen LogP contribution in [-0.4, -0.2) is 23.2 Å². The van der Waals surface area contributed by atoms with E-state index in [4.69, 9.17) is 9.72 Å². The molecule has 1 aromatic carbocycles. The van der Waals surface area contributed by atoms with Gasteiger partial charge in [-0.25, -0.2) is 4.98 Å². The Labute approximate surface area is 118 Å². The molecular weight excluding hydrogens is 250 g/mol. The fourth-order valence-electron chi connectivity index (χ4n) is 2.98. The minimum atomic E-state index is 0.645. The lowest BCUT2D eigenvalue weighted by atomic mass is 10.1. The van der Waals surface area contributed by atoms with Crippen LogP contribution in [0, 0.1) is 0 Å². The van der Waals surface area contributed by atoms with Crippen molar-refractivity contribution in [2.45, 2.75) is 31.7 Å². The molecule has 0 saturated heterocycles. The number of hydrogen-bond donors (Lipinski definition) is 1. The first-order valence-electron chi connectivity index (χ1n) is 7.32. The first-order chi connectivity index (χ1) is 9.86. The quantitative estimate of drug-likeness (QED) is 0.930. The molecule has 1 N–H and O–H groups in total. The van der Waals surface area contributed by atoms with Gasteiger partial charge in [-0.2, -0.15) is 0 Å². The van der Waals surface area contributed by atoms with Gasteiger partial charge in [-0.05, 0) is 25.0 Å². The van der Waals surface area contributed by atoms with Crippen molar-refractivity contribution < 1.29 is 4.74 Å². The van der Waals surface area contributed by atoms with E-state index >= 15 is 0 Å². The number of aromatic nitrogens is 2. The summed E-state index contributed by atoms with van der Waals surface area (Å²) in [5.74, 6) is 2.79. The average Bonchev–Trinajstić information content (AvgIpc) is 3.27. The van der Waals surface area contributed by atoms with E-state index in [1.165, 1.54) is 35.7 Å². The molecule has 1 saturated carbocycles. The summed E-state index contributed by atoms with van der Waals surface area (Å²) >= 11 is 0. The van der Waals surface area contributed by atoms with Gasteiger partial charge < -0.3 is 10.1 Å². The molecule has 0 bridgehead atoms. The molecule has 1 aromatic heterocycles. The van der Waals surface area contributed by atoms with E-state index in [2.05, 4.69) is 28.1 Å². The van der Waals surface area contributed by atoms with Crippen LogP contribution in [0.3, 0.4) is 0 Å². The second kappa shape index (κ2) is 4.63. The van der Waals surface area contributed by atoms with E-state index in [9.17, 15) is 0 Å². The van der Waals surface area contributed by atoms with Crippen molar-refractivity contribution in [2.75, 3.05) is 13.7 Å². The Bertz CT molecular complexity index is 643. The second-order valence-electron chi connectivity index (χ2n) is 5.60. The normalized spacial score (nSPS) is 17.9. The van der Waals surface area contributed by atoms with Crippen LogP contribution in [0.1, 0.15) is 36.0 Å². The third-order valence-corrected chi connectivity index (χ3v) is 4.17. The summed E-state index contributed by atoms with van der Waals surface area (Å²) in [6.45, 7) is 1.93. The molecule has 4 rings (SSSR count). The predicted molar refractivity (Wildman–Crippen MR) is 77.5 cm³/mol. The van der Waals surface area contributed by atoms with Crippen LogP contribution in [0.2, 0.25) is 0 Å². The molecule has 2 aliphatic rings. The van der Waals surface area contributed by atoms with Crippen molar-refractivity contribution in [1.29, 1.82) is 0 Å². The fourth-order valence-corrected chi connectivity index (χ4v) is 2.98. The van der Waals surface area contributed by atoms with Crippen molar-refractivity contribution in [3.8, 4) is 11.4 Å². The zero-order valence-corrected chi connectivity index (χ0v) is 11.7. The molecule has 0 unspecified atom stereocenters. The highest BCUT2D eigenvalue weighted by Crippen LogP contribution is 2.41. The monoisotopic (exact) mass is 269 g/mol. The molecule has 1 aliphatic heterocycles. The van der Waals surface area contributed by atoms with Gasteiger partial charge in [0.2, 0.25) is 0 Å². The first-order valence-corrected chi connectivity index (χ1v) is 7.32. The van der Waals surface area contributed by atoms with Crippen molar-refractivity contribution in [3.05, 3.63) is 41.5 Å². The van der Waals surface area contributed by atoms with Gasteiger partial charge in [0, 0.05) is 37.2 Å². The Balaban J connectivity index is 1.88. The lowest BCUT2D eigenvalue weighted by molar-refractivity contribution is 0.414. The summed E-state index contributed by atoms with van der Waals surface area (Å²) in [6, 6.07) is 8.30. The van der Waals surface area contributed by atoms with E-state index in [-0.39, 0.29) is 0 Å². The average molecular weight is 269 g/mol. The molecule has 0 radical (unpaired) electrons. The third kappa shape index (κ3) is 1.91. The van der Waals surface area contributed by atoms with E-state index in [0.717, 1.165) is 25.3 Å². The van der Waals surface area contributed by atoms with E-state index in [1.807, 2.05) is 6.07 Å². The molecule has 4 heteroatoms. The molecule has 4 nitrogen and oxygen atoms in total. The molecular formula is C16H19N3O. The summed E-state index contributed by atoms with van der Waals surface area (Å²) in [5, 5.41) is 3.41. The topological polar surface area (TPSA) is 39.1 Å². The number of fused-ring (bicyclic) bond motifs is 1. The molecule has 2 heterocycles. The van der Waals surface area contributed by atoms with Gasteiger partial charge in [0.15, 0.2) is 0 Å². The number of ether oxygens (including phenoxy) is 1. The van der Waals surface area contributed by atoms with E-state index < -0.39 is 0 Å². The largest absolute Gasteiger partial charge is 0.497 e. The molecule has 20 heavy (non-hydrogen) atoms. The summed E-state index contributed by atoms with van der Waals surface area (Å²) in [7, 11) is 1.72. The standard InChI is InChI=1S/C16H19N3O/c1-20-13-4-2-3-12(9-13)19-15-7-8-17-10-14(15)18-16(19)11-5-6-11/h2-4,9,11,17H,5-8,10H2,1H3. The highest BCUT2D eigenvalue weighted by molar-refractivity contribution is 5.44. The van der Waals surface area contributed by atoms with Gasteiger partial charge >= 0.3 is 0 Å². The number of rotatable bonds is 3. The molecule has 2 aromatic rings.